The van der Waals surface area contributed by atoms with Crippen molar-refractivity contribution in [3.8, 4) is 5.69 Å². The molecule has 0 aliphatic carbocycles. The molecule has 0 aliphatic rings. The van der Waals surface area contributed by atoms with Crippen LogP contribution in [0.4, 0.5) is 4.39 Å². The molecule has 1 unspecified atom stereocenters. The van der Waals surface area contributed by atoms with E-state index < -0.39 is 11.9 Å². The van der Waals surface area contributed by atoms with Gasteiger partial charge in [-0.2, -0.15) is 0 Å². The number of benzene rings is 2. The van der Waals surface area contributed by atoms with E-state index in [0.717, 1.165) is 32.1 Å². The smallest absolute Gasteiger partial charge is 0.266 e. The standard InChI is InChI=1S/C27H33ClFN3O2/c1-4-7-9-14-25(33)31(17-8-5-2)24(6-3)26-30-23-13-11-10-12-20(23)27(34)32(26)19-15-16-22(29)21(28)18-19/h10-13,15-16,18,24H,4-9,14,17H2,1-3H3. The molecule has 2 aromatic carbocycles. The third kappa shape index (κ3) is 5.66. The summed E-state index contributed by atoms with van der Waals surface area (Å²) in [5, 5.41) is 0.381. The van der Waals surface area contributed by atoms with E-state index in [0.29, 0.717) is 41.8 Å². The number of hydrogen-bond donors (Lipinski definition) is 0. The van der Waals surface area contributed by atoms with E-state index in [9.17, 15) is 14.0 Å². The fourth-order valence-electron chi connectivity index (χ4n) is 4.24. The first kappa shape index (κ1) is 25.9. The summed E-state index contributed by atoms with van der Waals surface area (Å²) in [4.78, 5) is 33.7. The Morgan fingerprint density at radius 2 is 1.82 bits per heavy atom. The fraction of sp³-hybridized carbons (Fsp3) is 0.444. The maximum atomic E-state index is 13.9. The lowest BCUT2D eigenvalue weighted by Crippen LogP contribution is -2.39. The topological polar surface area (TPSA) is 55.2 Å². The lowest BCUT2D eigenvalue weighted by Gasteiger charge is -2.32. The molecule has 5 nitrogen and oxygen atoms in total. The molecule has 1 atom stereocenters. The van der Waals surface area contributed by atoms with Crippen molar-refractivity contribution in [2.45, 2.75) is 71.8 Å². The minimum atomic E-state index is -0.559. The Hall–Kier alpha value is -2.73. The number of hydrogen-bond acceptors (Lipinski definition) is 3. The maximum Gasteiger partial charge on any atom is 0.266 e. The monoisotopic (exact) mass is 485 g/mol. The minimum Gasteiger partial charge on any atom is -0.333 e. The van der Waals surface area contributed by atoms with Gasteiger partial charge in [0, 0.05) is 13.0 Å². The quantitative estimate of drug-likeness (QED) is 0.279. The highest BCUT2D eigenvalue weighted by Crippen LogP contribution is 2.28. The van der Waals surface area contributed by atoms with Crippen LogP contribution in [-0.4, -0.2) is 26.9 Å². The summed E-state index contributed by atoms with van der Waals surface area (Å²) in [6, 6.07) is 10.9. The summed E-state index contributed by atoms with van der Waals surface area (Å²) in [6.07, 6.45) is 5.72. The van der Waals surface area contributed by atoms with E-state index in [2.05, 4.69) is 13.8 Å². The number of aromatic nitrogens is 2. The Morgan fingerprint density at radius 3 is 2.50 bits per heavy atom. The molecule has 0 radical (unpaired) electrons. The van der Waals surface area contributed by atoms with Crippen LogP contribution >= 0.6 is 11.6 Å². The van der Waals surface area contributed by atoms with Gasteiger partial charge in [-0.3, -0.25) is 14.2 Å². The van der Waals surface area contributed by atoms with Gasteiger partial charge in [0.05, 0.1) is 27.7 Å². The first-order valence-electron chi connectivity index (χ1n) is 12.2. The summed E-state index contributed by atoms with van der Waals surface area (Å²) in [6.45, 7) is 6.78. The first-order chi connectivity index (χ1) is 16.4. The molecule has 0 N–H and O–H groups in total. The largest absolute Gasteiger partial charge is 0.333 e. The van der Waals surface area contributed by atoms with Crippen LogP contribution in [0.1, 0.15) is 77.6 Å². The van der Waals surface area contributed by atoms with Crippen molar-refractivity contribution in [2.75, 3.05) is 6.54 Å². The summed E-state index contributed by atoms with van der Waals surface area (Å²) < 4.78 is 15.4. The van der Waals surface area contributed by atoms with E-state index in [1.807, 2.05) is 17.9 Å². The Morgan fingerprint density at radius 1 is 1.09 bits per heavy atom. The molecule has 0 saturated heterocycles. The summed E-state index contributed by atoms with van der Waals surface area (Å²) in [7, 11) is 0. The third-order valence-corrected chi connectivity index (χ3v) is 6.38. The molecule has 0 aliphatic heterocycles. The molecule has 0 saturated carbocycles. The van der Waals surface area contributed by atoms with Gasteiger partial charge in [-0.25, -0.2) is 9.37 Å². The number of rotatable bonds is 11. The van der Waals surface area contributed by atoms with Crippen molar-refractivity contribution in [3.63, 3.8) is 0 Å². The van der Waals surface area contributed by atoms with Gasteiger partial charge in [-0.05, 0) is 49.6 Å². The zero-order valence-electron chi connectivity index (χ0n) is 20.2. The average molecular weight is 486 g/mol. The number of halogens is 2. The van der Waals surface area contributed by atoms with E-state index in [1.54, 1.807) is 18.2 Å². The molecule has 0 spiro atoms. The Labute approximate surface area is 205 Å². The second-order valence-corrected chi connectivity index (χ2v) is 8.96. The highest BCUT2D eigenvalue weighted by Gasteiger charge is 2.28. The number of unbranched alkanes of at least 4 members (excludes halogenated alkanes) is 3. The van der Waals surface area contributed by atoms with Crippen molar-refractivity contribution >= 4 is 28.4 Å². The molecule has 7 heteroatoms. The predicted octanol–water partition coefficient (Wildman–Crippen LogP) is 6.84. The number of para-hydroxylation sites is 1. The van der Waals surface area contributed by atoms with Crippen molar-refractivity contribution in [2.24, 2.45) is 0 Å². The zero-order valence-corrected chi connectivity index (χ0v) is 20.9. The van der Waals surface area contributed by atoms with Gasteiger partial charge in [0.25, 0.3) is 5.56 Å². The Kier molecular flexibility index (Phi) is 9.22. The van der Waals surface area contributed by atoms with E-state index in [-0.39, 0.29) is 16.5 Å². The molecule has 3 rings (SSSR count). The number of amides is 1. The summed E-state index contributed by atoms with van der Waals surface area (Å²) in [5.74, 6) is -0.0230. The normalized spacial score (nSPS) is 12.1. The first-order valence-corrected chi connectivity index (χ1v) is 12.6. The molecular weight excluding hydrogens is 453 g/mol. The van der Waals surface area contributed by atoms with Gasteiger partial charge in [0.1, 0.15) is 11.6 Å². The van der Waals surface area contributed by atoms with Crippen LogP contribution in [0.5, 0.6) is 0 Å². The molecule has 1 heterocycles. The molecule has 3 aromatic rings. The van der Waals surface area contributed by atoms with Gasteiger partial charge in [-0.15, -0.1) is 0 Å². The lowest BCUT2D eigenvalue weighted by molar-refractivity contribution is -0.134. The second kappa shape index (κ2) is 12.1. The van der Waals surface area contributed by atoms with E-state index in [1.165, 1.54) is 22.8 Å². The number of carbonyl (C=O) groups is 1. The van der Waals surface area contributed by atoms with E-state index in [4.69, 9.17) is 16.6 Å². The van der Waals surface area contributed by atoms with Gasteiger partial charge in [0.2, 0.25) is 5.91 Å². The van der Waals surface area contributed by atoms with Crippen LogP contribution < -0.4 is 5.56 Å². The van der Waals surface area contributed by atoms with Crippen LogP contribution in [0.3, 0.4) is 0 Å². The molecule has 1 aromatic heterocycles. The van der Waals surface area contributed by atoms with Gasteiger partial charge in [-0.1, -0.05) is 63.8 Å². The van der Waals surface area contributed by atoms with Gasteiger partial charge >= 0.3 is 0 Å². The van der Waals surface area contributed by atoms with E-state index >= 15 is 0 Å². The molecule has 182 valence electrons. The van der Waals surface area contributed by atoms with Crippen molar-refractivity contribution < 1.29 is 9.18 Å². The van der Waals surface area contributed by atoms with Crippen LogP contribution in [-0.2, 0) is 4.79 Å². The molecular formula is C27H33ClFN3O2. The van der Waals surface area contributed by atoms with Crippen molar-refractivity contribution in [3.05, 3.63) is 69.5 Å². The zero-order chi connectivity index (χ0) is 24.7. The molecule has 0 fully saturated rings. The Bertz CT molecular complexity index is 1190. The fourth-order valence-corrected chi connectivity index (χ4v) is 4.42. The highest BCUT2D eigenvalue weighted by molar-refractivity contribution is 6.30. The van der Waals surface area contributed by atoms with Crippen LogP contribution in [0, 0.1) is 5.82 Å². The Balaban J connectivity index is 2.21. The number of fused-ring (bicyclic) bond motifs is 1. The predicted molar refractivity (Wildman–Crippen MR) is 136 cm³/mol. The molecule has 34 heavy (non-hydrogen) atoms. The van der Waals surface area contributed by atoms with Crippen LogP contribution in [0.2, 0.25) is 5.02 Å². The number of nitrogens with zero attached hydrogens (tertiary/aromatic N) is 3. The molecule has 0 bridgehead atoms. The SMILES string of the molecule is CCCCCC(=O)N(CCCC)C(CC)c1nc2ccccc2c(=O)n1-c1ccc(F)c(Cl)c1. The average Bonchev–Trinajstić information content (AvgIpc) is 2.83. The van der Waals surface area contributed by atoms with Gasteiger partial charge in [0.15, 0.2) is 0 Å². The lowest BCUT2D eigenvalue weighted by atomic mass is 10.1. The van der Waals surface area contributed by atoms with Crippen molar-refractivity contribution in [1.29, 1.82) is 0 Å². The third-order valence-electron chi connectivity index (χ3n) is 6.09. The maximum absolute atomic E-state index is 13.9. The summed E-state index contributed by atoms with van der Waals surface area (Å²) >= 11 is 6.08. The second-order valence-electron chi connectivity index (χ2n) is 8.55. The van der Waals surface area contributed by atoms with Gasteiger partial charge < -0.3 is 4.90 Å². The van der Waals surface area contributed by atoms with Crippen LogP contribution in [0.25, 0.3) is 16.6 Å². The molecule has 1 amide bonds. The summed E-state index contributed by atoms with van der Waals surface area (Å²) in [5.41, 5.74) is 0.729. The van der Waals surface area contributed by atoms with Crippen molar-refractivity contribution in [1.82, 2.24) is 14.5 Å². The van der Waals surface area contributed by atoms with Crippen LogP contribution in [0.15, 0.2) is 47.3 Å². The minimum absolute atomic E-state index is 0.0693. The highest BCUT2D eigenvalue weighted by atomic mass is 35.5. The number of carbonyl (C=O) groups excluding carboxylic acids is 1.